The molecular weight excluding hydrogens is 304 g/mol. The van der Waals surface area contributed by atoms with E-state index >= 15 is 0 Å². The molecule has 1 aromatic rings. The van der Waals surface area contributed by atoms with Crippen LogP contribution in [0.25, 0.3) is 0 Å². The lowest BCUT2D eigenvalue weighted by Gasteiger charge is -2.05. The maximum atomic E-state index is 5.67. The predicted molar refractivity (Wildman–Crippen MR) is 110 cm³/mol. The Balaban J connectivity index is 1.69. The molecule has 0 N–H and O–H groups in total. The predicted octanol–water partition coefficient (Wildman–Crippen LogP) is 8.13. The molecule has 0 bridgehead atoms. The van der Waals surface area contributed by atoms with Crippen molar-refractivity contribution in [2.75, 3.05) is 6.61 Å². The van der Waals surface area contributed by atoms with Crippen molar-refractivity contribution in [2.45, 2.75) is 110 Å². The van der Waals surface area contributed by atoms with E-state index in [9.17, 15) is 0 Å². The Bertz CT molecular complexity index is 360. The molecule has 0 spiro atoms. The lowest BCUT2D eigenvalue weighted by atomic mass is 10.0. The van der Waals surface area contributed by atoms with E-state index in [0.29, 0.717) is 0 Å². The van der Waals surface area contributed by atoms with Gasteiger partial charge in [0.2, 0.25) is 0 Å². The van der Waals surface area contributed by atoms with Crippen LogP contribution in [0.4, 0.5) is 0 Å². The second-order valence-electron chi connectivity index (χ2n) is 7.38. The van der Waals surface area contributed by atoms with Crippen LogP contribution in [-0.4, -0.2) is 6.61 Å². The fourth-order valence-electron chi connectivity index (χ4n) is 3.30. The molecule has 25 heavy (non-hydrogen) atoms. The highest BCUT2D eigenvalue weighted by Gasteiger charge is 1.95. The van der Waals surface area contributed by atoms with Crippen LogP contribution in [0.3, 0.4) is 0 Å². The molecule has 0 amide bonds. The van der Waals surface area contributed by atoms with Crippen molar-refractivity contribution in [3.8, 4) is 5.75 Å². The first kappa shape index (κ1) is 22.1. The number of hydrogen-bond donors (Lipinski definition) is 0. The minimum Gasteiger partial charge on any atom is -0.493 e. The molecule has 143 valence electrons. The zero-order chi connectivity index (χ0) is 17.8. The van der Waals surface area contributed by atoms with Gasteiger partial charge in [0.15, 0.2) is 0 Å². The van der Waals surface area contributed by atoms with Gasteiger partial charge in [-0.25, -0.2) is 0 Å². The molecule has 1 heteroatoms. The van der Waals surface area contributed by atoms with Crippen LogP contribution in [0.2, 0.25) is 0 Å². The Morgan fingerprint density at radius 3 is 1.56 bits per heavy atom. The summed E-state index contributed by atoms with van der Waals surface area (Å²) in [6.07, 6.45) is 22.5. The molecule has 0 fully saturated rings. The third-order valence-corrected chi connectivity index (χ3v) is 4.94. The molecule has 0 heterocycles. The lowest BCUT2D eigenvalue weighted by molar-refractivity contribution is 0.303. The van der Waals surface area contributed by atoms with Gasteiger partial charge in [-0.05, 0) is 12.5 Å². The average molecular weight is 346 g/mol. The molecule has 0 unspecified atom stereocenters. The highest BCUT2D eigenvalue weighted by Crippen LogP contribution is 2.14. The van der Waals surface area contributed by atoms with E-state index in [1.807, 2.05) is 24.3 Å². The normalized spacial score (nSPS) is 10.9. The number of rotatable bonds is 18. The second-order valence-corrected chi connectivity index (χ2v) is 7.38. The lowest BCUT2D eigenvalue weighted by Crippen LogP contribution is -1.97. The van der Waals surface area contributed by atoms with E-state index in [-0.39, 0.29) is 0 Å². The Morgan fingerprint density at radius 1 is 0.640 bits per heavy atom. The summed E-state index contributed by atoms with van der Waals surface area (Å²) in [7, 11) is 0. The maximum absolute atomic E-state index is 5.67. The van der Waals surface area contributed by atoms with Gasteiger partial charge in [-0.3, -0.25) is 0 Å². The smallest absolute Gasteiger partial charge is 0.127 e. The number of para-hydroxylation sites is 1. The summed E-state index contributed by atoms with van der Waals surface area (Å²) in [5, 5.41) is 0. The Hall–Kier alpha value is -0.980. The highest BCUT2D eigenvalue weighted by atomic mass is 16.5. The standard InChI is InChI=1S/C24H41O/c1-2-3-4-5-6-7-8-9-10-11-12-13-14-15-16-20-23-25-24-21-18-17-19-22-24/h17-19,21H,2-16,20,23H2,1H3. The molecule has 0 aliphatic rings. The van der Waals surface area contributed by atoms with Crippen molar-refractivity contribution in [2.24, 2.45) is 0 Å². The zero-order valence-corrected chi connectivity index (χ0v) is 16.7. The van der Waals surface area contributed by atoms with E-state index in [1.165, 1.54) is 103 Å². The van der Waals surface area contributed by atoms with E-state index < -0.39 is 0 Å². The molecule has 0 aromatic heterocycles. The van der Waals surface area contributed by atoms with Gasteiger partial charge in [0.1, 0.15) is 5.75 Å². The number of unbranched alkanes of at least 4 members (excludes halogenated alkanes) is 15. The summed E-state index contributed by atoms with van der Waals surface area (Å²) >= 11 is 0. The van der Waals surface area contributed by atoms with Crippen LogP contribution in [0, 0.1) is 6.07 Å². The molecule has 0 aliphatic heterocycles. The molecule has 0 atom stereocenters. The van der Waals surface area contributed by atoms with Gasteiger partial charge in [-0.2, -0.15) is 0 Å². The molecule has 1 radical (unpaired) electrons. The van der Waals surface area contributed by atoms with Gasteiger partial charge in [0.25, 0.3) is 0 Å². The van der Waals surface area contributed by atoms with Gasteiger partial charge in [-0.15, -0.1) is 0 Å². The second kappa shape index (κ2) is 17.8. The van der Waals surface area contributed by atoms with Gasteiger partial charge in [0, 0.05) is 6.07 Å². The van der Waals surface area contributed by atoms with Crippen molar-refractivity contribution in [1.82, 2.24) is 0 Å². The first-order valence-electron chi connectivity index (χ1n) is 11.0. The summed E-state index contributed by atoms with van der Waals surface area (Å²) in [5.41, 5.74) is 0. The number of benzene rings is 1. The third kappa shape index (κ3) is 15.0. The van der Waals surface area contributed by atoms with Gasteiger partial charge in [0.05, 0.1) is 6.61 Å². The Morgan fingerprint density at radius 2 is 1.12 bits per heavy atom. The fourth-order valence-corrected chi connectivity index (χ4v) is 3.30. The topological polar surface area (TPSA) is 9.23 Å². The molecule has 0 aliphatic carbocycles. The van der Waals surface area contributed by atoms with E-state index in [1.54, 1.807) is 0 Å². The largest absolute Gasteiger partial charge is 0.493 e. The van der Waals surface area contributed by atoms with E-state index in [2.05, 4.69) is 13.0 Å². The van der Waals surface area contributed by atoms with Crippen LogP contribution in [-0.2, 0) is 0 Å². The first-order chi connectivity index (χ1) is 12.4. The fraction of sp³-hybridized carbons (Fsp3) is 0.750. The minimum absolute atomic E-state index is 0.832. The average Bonchev–Trinajstić information content (AvgIpc) is 2.65. The zero-order valence-electron chi connectivity index (χ0n) is 16.7. The Kier molecular flexibility index (Phi) is 15.7. The van der Waals surface area contributed by atoms with Crippen molar-refractivity contribution in [3.63, 3.8) is 0 Å². The first-order valence-corrected chi connectivity index (χ1v) is 11.0. The van der Waals surface area contributed by atoms with Gasteiger partial charge < -0.3 is 4.74 Å². The van der Waals surface area contributed by atoms with Gasteiger partial charge >= 0.3 is 0 Å². The maximum Gasteiger partial charge on any atom is 0.127 e. The number of ether oxygens (including phenoxy) is 1. The monoisotopic (exact) mass is 345 g/mol. The highest BCUT2D eigenvalue weighted by molar-refractivity contribution is 5.19. The van der Waals surface area contributed by atoms with Crippen molar-refractivity contribution in [3.05, 3.63) is 30.3 Å². The molecule has 0 saturated heterocycles. The van der Waals surface area contributed by atoms with Gasteiger partial charge in [-0.1, -0.05) is 121 Å². The summed E-state index contributed by atoms with van der Waals surface area (Å²) in [4.78, 5) is 0. The van der Waals surface area contributed by atoms with Crippen LogP contribution in [0.15, 0.2) is 24.3 Å². The quantitative estimate of drug-likeness (QED) is 0.244. The molecule has 1 aromatic carbocycles. The molecule has 1 rings (SSSR count). The SMILES string of the molecule is CCCCCCCCCCCCCCCCCCOc1[c]cccc1. The van der Waals surface area contributed by atoms with Crippen molar-refractivity contribution in [1.29, 1.82) is 0 Å². The third-order valence-electron chi connectivity index (χ3n) is 4.94. The molecular formula is C24H41O. The Labute approximate surface area is 157 Å². The van der Waals surface area contributed by atoms with Crippen molar-refractivity contribution >= 4 is 0 Å². The summed E-state index contributed by atoms with van der Waals surface area (Å²) in [6, 6.07) is 11.0. The van der Waals surface area contributed by atoms with E-state index in [0.717, 1.165) is 12.4 Å². The molecule has 1 nitrogen and oxygen atoms in total. The summed E-state index contributed by atoms with van der Waals surface area (Å²) in [5.74, 6) is 0.878. The van der Waals surface area contributed by atoms with Crippen LogP contribution in [0.5, 0.6) is 5.75 Å². The van der Waals surface area contributed by atoms with Crippen LogP contribution < -0.4 is 4.74 Å². The van der Waals surface area contributed by atoms with E-state index in [4.69, 9.17) is 4.74 Å². The summed E-state index contributed by atoms with van der Waals surface area (Å²) in [6.45, 7) is 3.12. The minimum atomic E-state index is 0.832. The summed E-state index contributed by atoms with van der Waals surface area (Å²) < 4.78 is 5.67. The van der Waals surface area contributed by atoms with Crippen LogP contribution in [0.1, 0.15) is 110 Å². The molecule has 0 saturated carbocycles. The van der Waals surface area contributed by atoms with Crippen LogP contribution >= 0.6 is 0 Å². The number of hydrogen-bond acceptors (Lipinski definition) is 1. The van der Waals surface area contributed by atoms with Crippen molar-refractivity contribution < 1.29 is 4.74 Å².